The normalized spacial score (nSPS) is 26.5. The molecular formula is C10H21NO. The Bertz CT molecular complexity index is 123. The van der Waals surface area contributed by atoms with Gasteiger partial charge in [0.05, 0.1) is 6.61 Å². The summed E-state index contributed by atoms with van der Waals surface area (Å²) in [5, 5.41) is 8.80. The van der Waals surface area contributed by atoms with Gasteiger partial charge in [-0.25, -0.2) is 0 Å². The molecule has 1 aliphatic rings. The van der Waals surface area contributed by atoms with Crippen LogP contribution >= 0.6 is 0 Å². The number of likely N-dealkylation sites (tertiary alicyclic amines) is 1. The molecule has 1 aliphatic heterocycles. The number of nitrogens with zero attached hydrogens (tertiary/aromatic N) is 1. The summed E-state index contributed by atoms with van der Waals surface area (Å²) < 4.78 is 0. The van der Waals surface area contributed by atoms with Gasteiger partial charge in [0.25, 0.3) is 0 Å². The highest BCUT2D eigenvalue weighted by atomic mass is 16.3. The standard InChI is InChI=1S/C10H21NO/c1-9(2)10-4-3-5-11(8-10)6-7-12/h9-10,12H,3-8H2,1-2H3. The quantitative estimate of drug-likeness (QED) is 0.693. The fraction of sp³-hybridized carbons (Fsp3) is 1.00. The van der Waals surface area contributed by atoms with Crippen LogP contribution in [0, 0.1) is 11.8 Å². The molecule has 1 heterocycles. The van der Waals surface area contributed by atoms with Crippen molar-refractivity contribution < 1.29 is 5.11 Å². The molecule has 1 fully saturated rings. The summed E-state index contributed by atoms with van der Waals surface area (Å²) in [6.07, 6.45) is 2.68. The van der Waals surface area contributed by atoms with Crippen molar-refractivity contribution >= 4 is 0 Å². The summed E-state index contributed by atoms with van der Waals surface area (Å²) in [4.78, 5) is 2.38. The number of hydrogen-bond donors (Lipinski definition) is 1. The largest absolute Gasteiger partial charge is 0.395 e. The first kappa shape index (κ1) is 10.0. The molecule has 1 atom stereocenters. The van der Waals surface area contributed by atoms with Crippen LogP contribution in [0.3, 0.4) is 0 Å². The Balaban J connectivity index is 2.30. The second kappa shape index (κ2) is 4.83. The first-order valence-electron chi connectivity index (χ1n) is 5.07. The van der Waals surface area contributed by atoms with Crippen molar-refractivity contribution in [2.24, 2.45) is 11.8 Å². The lowest BCUT2D eigenvalue weighted by Crippen LogP contribution is -2.38. The van der Waals surface area contributed by atoms with E-state index >= 15 is 0 Å². The van der Waals surface area contributed by atoms with E-state index in [2.05, 4.69) is 18.7 Å². The maximum Gasteiger partial charge on any atom is 0.0558 e. The molecule has 2 heteroatoms. The minimum Gasteiger partial charge on any atom is -0.395 e. The maximum atomic E-state index is 8.80. The summed E-state index contributed by atoms with van der Waals surface area (Å²) >= 11 is 0. The molecule has 0 aromatic carbocycles. The van der Waals surface area contributed by atoms with E-state index in [0.717, 1.165) is 18.4 Å². The highest BCUT2D eigenvalue weighted by Crippen LogP contribution is 2.22. The fourth-order valence-corrected chi connectivity index (χ4v) is 1.98. The Morgan fingerprint density at radius 2 is 2.25 bits per heavy atom. The van der Waals surface area contributed by atoms with Crippen LogP contribution in [0.2, 0.25) is 0 Å². The summed E-state index contributed by atoms with van der Waals surface area (Å²) in [6.45, 7) is 8.15. The zero-order valence-electron chi connectivity index (χ0n) is 8.29. The monoisotopic (exact) mass is 171 g/mol. The third kappa shape index (κ3) is 2.76. The molecular weight excluding hydrogens is 150 g/mol. The van der Waals surface area contributed by atoms with Crippen molar-refractivity contribution in [2.45, 2.75) is 26.7 Å². The van der Waals surface area contributed by atoms with E-state index in [9.17, 15) is 0 Å². The molecule has 2 nitrogen and oxygen atoms in total. The molecule has 72 valence electrons. The van der Waals surface area contributed by atoms with Gasteiger partial charge < -0.3 is 10.0 Å². The maximum absolute atomic E-state index is 8.80. The van der Waals surface area contributed by atoms with Crippen molar-refractivity contribution in [1.82, 2.24) is 4.90 Å². The van der Waals surface area contributed by atoms with E-state index in [1.54, 1.807) is 0 Å². The van der Waals surface area contributed by atoms with Gasteiger partial charge in [-0.1, -0.05) is 13.8 Å². The van der Waals surface area contributed by atoms with Crippen molar-refractivity contribution in [3.05, 3.63) is 0 Å². The Morgan fingerprint density at radius 1 is 1.50 bits per heavy atom. The number of hydrogen-bond acceptors (Lipinski definition) is 2. The van der Waals surface area contributed by atoms with Crippen molar-refractivity contribution in [2.75, 3.05) is 26.2 Å². The SMILES string of the molecule is CC(C)C1CCCN(CCO)C1. The number of piperidine rings is 1. The van der Waals surface area contributed by atoms with Crippen LogP contribution in [0.1, 0.15) is 26.7 Å². The lowest BCUT2D eigenvalue weighted by atomic mass is 9.88. The highest BCUT2D eigenvalue weighted by Gasteiger charge is 2.21. The molecule has 0 amide bonds. The molecule has 0 radical (unpaired) electrons. The van der Waals surface area contributed by atoms with E-state index in [-0.39, 0.29) is 0 Å². The third-order valence-electron chi connectivity index (χ3n) is 2.90. The number of aliphatic hydroxyl groups excluding tert-OH is 1. The lowest BCUT2D eigenvalue weighted by molar-refractivity contribution is 0.120. The molecule has 0 aliphatic carbocycles. The summed E-state index contributed by atoms with van der Waals surface area (Å²) in [6, 6.07) is 0. The van der Waals surface area contributed by atoms with Crippen LogP contribution < -0.4 is 0 Å². The first-order chi connectivity index (χ1) is 5.74. The van der Waals surface area contributed by atoms with Crippen LogP contribution in [0.25, 0.3) is 0 Å². The van der Waals surface area contributed by atoms with Crippen molar-refractivity contribution in [3.63, 3.8) is 0 Å². The Morgan fingerprint density at radius 3 is 2.83 bits per heavy atom. The van der Waals surface area contributed by atoms with Gasteiger partial charge in [-0.2, -0.15) is 0 Å². The highest BCUT2D eigenvalue weighted by molar-refractivity contribution is 4.74. The first-order valence-corrected chi connectivity index (χ1v) is 5.07. The fourth-order valence-electron chi connectivity index (χ4n) is 1.98. The molecule has 0 aromatic rings. The van der Waals surface area contributed by atoms with Gasteiger partial charge in [0.2, 0.25) is 0 Å². The Labute approximate surface area is 75.6 Å². The minimum absolute atomic E-state index is 0.310. The van der Waals surface area contributed by atoms with Crippen LogP contribution in [-0.4, -0.2) is 36.2 Å². The summed E-state index contributed by atoms with van der Waals surface area (Å²) in [5.41, 5.74) is 0. The van der Waals surface area contributed by atoms with Gasteiger partial charge in [0, 0.05) is 13.1 Å². The molecule has 0 spiro atoms. The van der Waals surface area contributed by atoms with E-state index < -0.39 is 0 Å². The Kier molecular flexibility index (Phi) is 4.02. The van der Waals surface area contributed by atoms with Crippen molar-refractivity contribution in [3.8, 4) is 0 Å². The minimum atomic E-state index is 0.310. The molecule has 1 saturated heterocycles. The van der Waals surface area contributed by atoms with Crippen LogP contribution in [-0.2, 0) is 0 Å². The predicted octanol–water partition coefficient (Wildman–Crippen LogP) is 1.35. The summed E-state index contributed by atoms with van der Waals surface area (Å²) in [7, 11) is 0. The van der Waals surface area contributed by atoms with E-state index in [1.807, 2.05) is 0 Å². The van der Waals surface area contributed by atoms with Gasteiger partial charge in [-0.3, -0.25) is 0 Å². The Hall–Kier alpha value is -0.0800. The predicted molar refractivity (Wildman–Crippen MR) is 51.1 cm³/mol. The average molecular weight is 171 g/mol. The smallest absolute Gasteiger partial charge is 0.0558 e. The molecule has 1 unspecified atom stereocenters. The molecule has 1 rings (SSSR count). The molecule has 1 N–H and O–H groups in total. The van der Waals surface area contributed by atoms with Gasteiger partial charge in [0.15, 0.2) is 0 Å². The number of rotatable bonds is 3. The topological polar surface area (TPSA) is 23.5 Å². The second-order valence-electron chi connectivity index (χ2n) is 4.17. The van der Waals surface area contributed by atoms with Gasteiger partial charge >= 0.3 is 0 Å². The van der Waals surface area contributed by atoms with Crippen LogP contribution in [0.5, 0.6) is 0 Å². The number of aliphatic hydroxyl groups is 1. The van der Waals surface area contributed by atoms with E-state index in [1.165, 1.54) is 25.9 Å². The van der Waals surface area contributed by atoms with E-state index in [0.29, 0.717) is 6.61 Å². The third-order valence-corrected chi connectivity index (χ3v) is 2.90. The van der Waals surface area contributed by atoms with Gasteiger partial charge in [0.1, 0.15) is 0 Å². The van der Waals surface area contributed by atoms with E-state index in [4.69, 9.17) is 5.11 Å². The molecule has 0 aromatic heterocycles. The second-order valence-corrected chi connectivity index (χ2v) is 4.17. The average Bonchev–Trinajstić information content (AvgIpc) is 2.05. The van der Waals surface area contributed by atoms with Crippen LogP contribution in [0.15, 0.2) is 0 Å². The zero-order chi connectivity index (χ0) is 8.97. The summed E-state index contributed by atoms with van der Waals surface area (Å²) in [5.74, 6) is 1.65. The van der Waals surface area contributed by atoms with Crippen LogP contribution in [0.4, 0.5) is 0 Å². The molecule has 12 heavy (non-hydrogen) atoms. The molecule has 0 bridgehead atoms. The zero-order valence-corrected chi connectivity index (χ0v) is 8.29. The van der Waals surface area contributed by atoms with Gasteiger partial charge in [-0.15, -0.1) is 0 Å². The van der Waals surface area contributed by atoms with Gasteiger partial charge in [-0.05, 0) is 31.2 Å². The lowest BCUT2D eigenvalue weighted by Gasteiger charge is -2.34. The number of β-amino-alcohol motifs (C(OH)–C–C–N with tert-alkyl or cyclic N) is 1. The van der Waals surface area contributed by atoms with Crippen molar-refractivity contribution in [1.29, 1.82) is 0 Å². The molecule has 0 saturated carbocycles.